The summed E-state index contributed by atoms with van der Waals surface area (Å²) in [6, 6.07) is 70.7. The highest BCUT2D eigenvalue weighted by atomic mass is 16.3. The molecule has 8 aromatic carbocycles. The van der Waals surface area contributed by atoms with Crippen LogP contribution in [0.4, 0.5) is 0 Å². The molecule has 0 amide bonds. The van der Waals surface area contributed by atoms with Crippen LogP contribution >= 0.6 is 0 Å². The minimum absolute atomic E-state index is 0.381. The maximum atomic E-state index is 6.65. The second-order valence-electron chi connectivity index (χ2n) is 16.3. The lowest BCUT2D eigenvalue weighted by Gasteiger charge is -2.17. The molecule has 5 aromatic heterocycles. The summed E-state index contributed by atoms with van der Waals surface area (Å²) in [5.41, 5.74) is 14.5. The van der Waals surface area contributed by atoms with Gasteiger partial charge in [-0.15, -0.1) is 0 Å². The third-order valence-electron chi connectivity index (χ3n) is 12.4. The van der Waals surface area contributed by atoms with Crippen molar-refractivity contribution in [3.05, 3.63) is 219 Å². The molecular weight excluding hydrogens is 825 g/mol. The minimum atomic E-state index is 0.381. The highest BCUT2D eigenvalue weighted by Crippen LogP contribution is 2.44. The van der Waals surface area contributed by atoms with Gasteiger partial charge in [-0.2, -0.15) is 9.97 Å². The highest BCUT2D eigenvalue weighted by Gasteiger charge is 2.26. The van der Waals surface area contributed by atoms with Crippen molar-refractivity contribution in [2.24, 2.45) is 0 Å². The van der Waals surface area contributed by atoms with Gasteiger partial charge in [0.2, 0.25) is 23.3 Å². The number of nitrogens with zero attached hydrogens (tertiary/aromatic N) is 8. The van der Waals surface area contributed by atoms with Crippen LogP contribution in [0.15, 0.2) is 223 Å². The molecule has 0 aliphatic carbocycles. The first-order valence-corrected chi connectivity index (χ1v) is 22.1. The number of rotatable bonds is 8. The zero-order valence-corrected chi connectivity index (χ0v) is 35.8. The van der Waals surface area contributed by atoms with Crippen molar-refractivity contribution in [2.45, 2.75) is 0 Å². The topological polar surface area (TPSA) is 100 Å². The van der Waals surface area contributed by atoms with Crippen LogP contribution in [0, 0.1) is 0 Å². The molecule has 67 heavy (non-hydrogen) atoms. The summed E-state index contributed by atoms with van der Waals surface area (Å²) in [5, 5.41) is 1.39. The largest absolute Gasteiger partial charge is 0.419 e. The van der Waals surface area contributed by atoms with Crippen LogP contribution in [0.5, 0.6) is 0 Å². The van der Waals surface area contributed by atoms with Crippen molar-refractivity contribution < 1.29 is 4.42 Å². The van der Waals surface area contributed by atoms with Gasteiger partial charge < -0.3 is 4.42 Å². The van der Waals surface area contributed by atoms with E-state index in [1.165, 1.54) is 0 Å². The Morgan fingerprint density at radius 3 is 1.00 bits per heavy atom. The lowest BCUT2D eigenvalue weighted by atomic mass is 9.91. The molecule has 9 heteroatoms. The highest BCUT2D eigenvalue weighted by molar-refractivity contribution is 6.02. The summed E-state index contributed by atoms with van der Waals surface area (Å²) in [6.07, 6.45) is 3.60. The molecule has 5 heterocycles. The molecule has 13 aromatic rings. The van der Waals surface area contributed by atoms with Crippen molar-refractivity contribution in [1.82, 2.24) is 39.0 Å². The SMILES string of the molecule is c1ccc(-c2cccc(-c3ccccc3)c2-c2nc3ccccc3n2-c2ncc3c(n2)oc2nc(-n4c(-c5c(-c6ccccc6)cccc5-c5ccccc5)nc5ccccc54)ncc23)cc1. The quantitative estimate of drug-likeness (QED) is 0.150. The van der Waals surface area contributed by atoms with Crippen molar-refractivity contribution in [1.29, 1.82) is 0 Å². The van der Waals surface area contributed by atoms with Gasteiger partial charge in [-0.05, 0) is 68.8 Å². The normalized spacial score (nSPS) is 11.6. The Labute approximate surface area is 384 Å². The first kappa shape index (κ1) is 38.1. The molecule has 314 valence electrons. The van der Waals surface area contributed by atoms with E-state index in [4.69, 9.17) is 34.3 Å². The van der Waals surface area contributed by atoms with E-state index in [1.807, 2.05) is 69.8 Å². The smallest absolute Gasteiger partial charge is 0.239 e. The third kappa shape index (κ3) is 6.40. The number of aromatic nitrogens is 8. The van der Waals surface area contributed by atoms with Gasteiger partial charge >= 0.3 is 0 Å². The van der Waals surface area contributed by atoms with Crippen molar-refractivity contribution in [3.63, 3.8) is 0 Å². The molecular formula is C58H36N8O. The molecule has 0 saturated carbocycles. The van der Waals surface area contributed by atoms with Crippen LogP contribution < -0.4 is 0 Å². The fourth-order valence-electron chi connectivity index (χ4n) is 9.36. The number of benzene rings is 8. The average molecular weight is 861 g/mol. The Balaban J connectivity index is 1.00. The lowest BCUT2D eigenvalue weighted by molar-refractivity contribution is 0.634. The van der Waals surface area contributed by atoms with E-state index in [2.05, 4.69) is 146 Å². The summed E-state index contributed by atoms with van der Waals surface area (Å²) < 4.78 is 10.7. The zero-order chi connectivity index (χ0) is 44.3. The van der Waals surface area contributed by atoms with Gasteiger partial charge in [0.05, 0.1) is 32.8 Å². The second kappa shape index (κ2) is 15.7. The predicted octanol–water partition coefficient (Wildman–Crippen LogP) is 13.8. The van der Waals surface area contributed by atoms with Crippen LogP contribution in [0.3, 0.4) is 0 Å². The Hall–Kier alpha value is -9.34. The van der Waals surface area contributed by atoms with Gasteiger partial charge in [-0.25, -0.2) is 19.9 Å². The molecule has 9 nitrogen and oxygen atoms in total. The summed E-state index contributed by atoms with van der Waals surface area (Å²) in [6.45, 7) is 0. The fraction of sp³-hybridized carbons (Fsp3) is 0. The third-order valence-corrected chi connectivity index (χ3v) is 12.4. The Kier molecular flexibility index (Phi) is 8.95. The van der Waals surface area contributed by atoms with E-state index in [1.54, 1.807) is 12.4 Å². The van der Waals surface area contributed by atoms with Crippen molar-refractivity contribution in [3.8, 4) is 79.2 Å². The maximum Gasteiger partial charge on any atom is 0.239 e. The Bertz CT molecular complexity index is 3600. The minimum Gasteiger partial charge on any atom is -0.419 e. The molecule has 0 spiro atoms. The van der Waals surface area contributed by atoms with E-state index < -0.39 is 0 Å². The average Bonchev–Trinajstić information content (AvgIpc) is 4.10. The number of imidazole rings is 2. The molecule has 0 radical (unpaired) electrons. The molecule has 13 rings (SSSR count). The number of furan rings is 1. The van der Waals surface area contributed by atoms with Crippen LogP contribution in [-0.2, 0) is 0 Å². The lowest BCUT2D eigenvalue weighted by Crippen LogP contribution is -2.05. The Morgan fingerprint density at radius 2 is 0.642 bits per heavy atom. The zero-order valence-electron chi connectivity index (χ0n) is 35.8. The molecule has 0 unspecified atom stereocenters. The molecule has 0 fully saturated rings. The van der Waals surface area contributed by atoms with Crippen LogP contribution in [-0.4, -0.2) is 39.0 Å². The van der Waals surface area contributed by atoms with Crippen LogP contribution in [0.25, 0.3) is 123 Å². The summed E-state index contributed by atoms with van der Waals surface area (Å²) in [5.74, 6) is 2.25. The number of hydrogen-bond donors (Lipinski definition) is 0. The summed E-state index contributed by atoms with van der Waals surface area (Å²) in [7, 11) is 0. The predicted molar refractivity (Wildman–Crippen MR) is 267 cm³/mol. The number of fused-ring (bicyclic) bond motifs is 5. The monoisotopic (exact) mass is 860 g/mol. The van der Waals surface area contributed by atoms with Crippen LogP contribution in [0.1, 0.15) is 0 Å². The summed E-state index contributed by atoms with van der Waals surface area (Å²) >= 11 is 0. The van der Waals surface area contributed by atoms with E-state index in [0.717, 1.165) is 77.7 Å². The van der Waals surface area contributed by atoms with Crippen molar-refractivity contribution >= 4 is 44.3 Å². The number of para-hydroxylation sites is 4. The van der Waals surface area contributed by atoms with Gasteiger partial charge in [0.15, 0.2) is 0 Å². The van der Waals surface area contributed by atoms with Gasteiger partial charge in [-0.1, -0.05) is 182 Å². The van der Waals surface area contributed by atoms with Gasteiger partial charge in [-0.3, -0.25) is 9.13 Å². The fourth-order valence-corrected chi connectivity index (χ4v) is 9.36. The molecule has 0 aliphatic rings. The van der Waals surface area contributed by atoms with Gasteiger partial charge in [0.25, 0.3) is 0 Å². The van der Waals surface area contributed by atoms with E-state index in [9.17, 15) is 0 Å². The molecule has 0 bridgehead atoms. The van der Waals surface area contributed by atoms with Crippen molar-refractivity contribution in [2.75, 3.05) is 0 Å². The van der Waals surface area contributed by atoms with Gasteiger partial charge in [0, 0.05) is 23.5 Å². The standard InChI is InChI=1S/C58H36N8O/c1-5-19-37(20-6-1)41-27-17-28-42(38-21-7-2-8-22-38)51(41)53-61-47-31-13-15-33-49(47)65(53)57-59-35-45-46-36-60-58(64-56(46)67-55(45)63-57)66-50-34-16-14-32-48(50)62-54(66)52-43(39-23-9-3-10-24-39)29-18-30-44(52)40-25-11-4-12-26-40/h1-36H. The van der Waals surface area contributed by atoms with E-state index in [0.29, 0.717) is 45.7 Å². The molecule has 0 atom stereocenters. The van der Waals surface area contributed by atoms with E-state index in [-0.39, 0.29) is 0 Å². The number of hydrogen-bond acceptors (Lipinski definition) is 7. The van der Waals surface area contributed by atoms with Crippen LogP contribution in [0.2, 0.25) is 0 Å². The molecule has 0 N–H and O–H groups in total. The maximum absolute atomic E-state index is 6.65. The van der Waals surface area contributed by atoms with E-state index >= 15 is 0 Å². The van der Waals surface area contributed by atoms with Gasteiger partial charge in [0.1, 0.15) is 11.6 Å². The first-order valence-electron chi connectivity index (χ1n) is 22.1. The molecule has 0 aliphatic heterocycles. The first-order chi connectivity index (χ1) is 33.2. The summed E-state index contributed by atoms with van der Waals surface area (Å²) in [4.78, 5) is 31.0. The molecule has 0 saturated heterocycles. The Morgan fingerprint density at radius 1 is 0.313 bits per heavy atom. The second-order valence-corrected chi connectivity index (χ2v) is 16.3.